The van der Waals surface area contributed by atoms with Crippen molar-refractivity contribution in [2.75, 3.05) is 13.2 Å². The van der Waals surface area contributed by atoms with Gasteiger partial charge in [-0.2, -0.15) is 0 Å². The van der Waals surface area contributed by atoms with Gasteiger partial charge in [0.15, 0.2) is 6.23 Å². The summed E-state index contributed by atoms with van der Waals surface area (Å²) in [5.74, 6) is -0.548. The topological polar surface area (TPSA) is 158 Å². The van der Waals surface area contributed by atoms with Crippen LogP contribution in [0.4, 0.5) is 0 Å². The Morgan fingerprint density at radius 3 is 2.59 bits per heavy atom. The number of para-hydroxylation sites is 1. The summed E-state index contributed by atoms with van der Waals surface area (Å²) in [6.45, 7) is 4.35. The number of rotatable bonds is 11. The molecule has 3 rings (SSSR count). The van der Waals surface area contributed by atoms with Crippen LogP contribution in [0, 0.1) is 5.92 Å². The summed E-state index contributed by atoms with van der Waals surface area (Å²) in [7, 11) is 1.91. The molecule has 0 bridgehead atoms. The molecule has 1 unspecified atom stereocenters. The van der Waals surface area contributed by atoms with Crippen molar-refractivity contribution in [3.63, 3.8) is 0 Å². The van der Waals surface area contributed by atoms with Crippen LogP contribution >= 0.6 is 19.3 Å². The van der Waals surface area contributed by atoms with Crippen molar-refractivity contribution < 1.29 is 33.0 Å². The highest BCUT2D eigenvalue weighted by Crippen LogP contribution is 2.47. The number of benzene rings is 1. The standard InChI is InChI=1S/C22H28BClN3O9P/c1-13(2)19(30)33-11-14(3)26-37(32,36-15-7-5-4-6-8-15)34-12-16-18(29)22(23,24)20(35-16)27-10-9-17(28)25-21(27)31/h4-10,13-14,16,18,20,29H,11-12H2,1-3H3,(H,26,32)(H,25,28,31)/t14-,16+,18+,20+,22-,37?/m0/s1. The number of aliphatic hydroxyl groups excluding tert-OH is 1. The Kier molecular flexibility index (Phi) is 9.44. The average molecular weight is 556 g/mol. The van der Waals surface area contributed by atoms with Crippen LogP contribution in [0.2, 0.25) is 0 Å². The molecule has 2 radical (unpaired) electrons. The predicted molar refractivity (Wildman–Crippen MR) is 135 cm³/mol. The lowest BCUT2D eigenvalue weighted by atomic mass is 9.79. The number of ether oxygens (including phenoxy) is 2. The van der Waals surface area contributed by atoms with Gasteiger partial charge in [-0.05, 0) is 19.1 Å². The van der Waals surface area contributed by atoms with Crippen molar-refractivity contribution in [3.8, 4) is 5.75 Å². The Morgan fingerprint density at radius 2 is 1.97 bits per heavy atom. The highest BCUT2D eigenvalue weighted by Gasteiger charge is 2.53. The molecule has 1 aromatic heterocycles. The third kappa shape index (κ3) is 7.34. The van der Waals surface area contributed by atoms with Crippen molar-refractivity contribution in [1.29, 1.82) is 0 Å². The summed E-state index contributed by atoms with van der Waals surface area (Å²) in [6.07, 6.45) is -3.09. The Hall–Kier alpha value is -2.41. The van der Waals surface area contributed by atoms with E-state index in [0.29, 0.717) is 0 Å². The number of aromatic amines is 1. The molecular weight excluding hydrogens is 527 g/mol. The van der Waals surface area contributed by atoms with Crippen LogP contribution in [0.3, 0.4) is 0 Å². The van der Waals surface area contributed by atoms with Crippen molar-refractivity contribution in [2.45, 2.75) is 50.0 Å². The maximum Gasteiger partial charge on any atom is 0.459 e. The molecule has 200 valence electrons. The fourth-order valence-electron chi connectivity index (χ4n) is 3.36. The first-order chi connectivity index (χ1) is 17.3. The minimum atomic E-state index is -4.14. The summed E-state index contributed by atoms with van der Waals surface area (Å²) in [4.78, 5) is 37.5. The van der Waals surface area contributed by atoms with E-state index in [0.717, 1.165) is 16.8 Å². The van der Waals surface area contributed by atoms with Gasteiger partial charge in [0.2, 0.25) is 0 Å². The number of halogens is 1. The zero-order valence-corrected chi connectivity index (χ0v) is 22.1. The highest BCUT2D eigenvalue weighted by molar-refractivity contribution is 7.52. The largest absolute Gasteiger partial charge is 0.464 e. The summed E-state index contributed by atoms with van der Waals surface area (Å²) in [5, 5.41) is 13.4. The Labute approximate surface area is 219 Å². The maximum absolute atomic E-state index is 13.6. The van der Waals surface area contributed by atoms with Gasteiger partial charge in [0, 0.05) is 18.3 Å². The Balaban J connectivity index is 1.75. The van der Waals surface area contributed by atoms with Crippen molar-refractivity contribution in [2.24, 2.45) is 5.92 Å². The molecule has 1 aliphatic heterocycles. The number of hydrogen-bond donors (Lipinski definition) is 3. The summed E-state index contributed by atoms with van der Waals surface area (Å²) in [5.41, 5.74) is -1.50. The van der Waals surface area contributed by atoms with Gasteiger partial charge in [-0.15, -0.1) is 11.6 Å². The Bertz CT molecular complexity index is 1240. The van der Waals surface area contributed by atoms with Crippen LogP contribution in [-0.2, 0) is 23.4 Å². The molecule has 6 atom stereocenters. The molecule has 1 aliphatic rings. The number of carbonyl (C=O) groups excluding carboxylic acids is 1. The lowest BCUT2D eigenvalue weighted by Gasteiger charge is -2.27. The van der Waals surface area contributed by atoms with Gasteiger partial charge in [0.05, 0.1) is 23.4 Å². The van der Waals surface area contributed by atoms with Crippen LogP contribution in [0.15, 0.2) is 52.2 Å². The van der Waals surface area contributed by atoms with Crippen LogP contribution in [0.25, 0.3) is 0 Å². The molecule has 1 fully saturated rings. The van der Waals surface area contributed by atoms with Gasteiger partial charge in [0.1, 0.15) is 26.3 Å². The smallest absolute Gasteiger partial charge is 0.459 e. The third-order valence-corrected chi connectivity index (χ3v) is 7.40. The molecular formula is C22H28BClN3O9P. The molecule has 1 saturated heterocycles. The van der Waals surface area contributed by atoms with E-state index in [1.807, 2.05) is 4.98 Å². The van der Waals surface area contributed by atoms with Crippen LogP contribution in [-0.4, -0.2) is 64.7 Å². The number of alkyl halides is 1. The molecule has 0 aliphatic carbocycles. The van der Waals surface area contributed by atoms with E-state index in [4.69, 9.17) is 38.0 Å². The van der Waals surface area contributed by atoms with E-state index in [2.05, 4.69) is 5.09 Å². The molecule has 2 heterocycles. The lowest BCUT2D eigenvalue weighted by Crippen LogP contribution is -2.45. The van der Waals surface area contributed by atoms with Crippen LogP contribution in [0.5, 0.6) is 5.75 Å². The van der Waals surface area contributed by atoms with Gasteiger partial charge in [0.25, 0.3) is 5.56 Å². The molecule has 0 amide bonds. The van der Waals surface area contributed by atoms with E-state index in [1.54, 1.807) is 51.1 Å². The first-order valence-corrected chi connectivity index (χ1v) is 13.3. The van der Waals surface area contributed by atoms with Gasteiger partial charge in [-0.1, -0.05) is 32.0 Å². The number of H-pyrrole nitrogens is 1. The van der Waals surface area contributed by atoms with Crippen molar-refractivity contribution in [3.05, 3.63) is 63.4 Å². The second-order valence-electron chi connectivity index (χ2n) is 8.83. The molecule has 3 N–H and O–H groups in total. The minimum absolute atomic E-state index is 0.115. The number of nitrogens with one attached hydrogen (secondary N) is 2. The third-order valence-electron chi connectivity index (χ3n) is 5.29. The van der Waals surface area contributed by atoms with E-state index in [1.165, 1.54) is 0 Å². The first kappa shape index (κ1) is 29.2. The summed E-state index contributed by atoms with van der Waals surface area (Å²) in [6, 6.07) is 8.60. The zero-order valence-electron chi connectivity index (χ0n) is 20.4. The number of carbonyl (C=O) groups is 1. The highest BCUT2D eigenvalue weighted by atomic mass is 35.5. The second-order valence-corrected chi connectivity index (χ2v) is 11.2. The SMILES string of the molecule is [B][C@]1(Cl)[C@H](O)[C@@H](COP(=O)(N[C@@H](C)COC(=O)C(C)C)Oc2ccccc2)O[C@H]1n1ccc(=O)[nH]c1=O. The van der Waals surface area contributed by atoms with Gasteiger partial charge >= 0.3 is 19.4 Å². The van der Waals surface area contributed by atoms with Gasteiger partial charge in [-0.25, -0.2) is 14.4 Å². The van der Waals surface area contributed by atoms with Crippen LogP contribution in [0.1, 0.15) is 27.0 Å². The summed E-state index contributed by atoms with van der Waals surface area (Å²) < 4.78 is 34.6. The zero-order chi connectivity index (χ0) is 27.4. The van der Waals surface area contributed by atoms with Crippen molar-refractivity contribution >= 4 is 33.2 Å². The monoisotopic (exact) mass is 555 g/mol. The number of hydrogen-bond acceptors (Lipinski definition) is 9. The maximum atomic E-state index is 13.6. The number of aromatic nitrogens is 2. The molecule has 12 nitrogen and oxygen atoms in total. The summed E-state index contributed by atoms with van der Waals surface area (Å²) >= 11 is 6.32. The fraction of sp³-hybridized carbons (Fsp3) is 0.500. The van der Waals surface area contributed by atoms with E-state index >= 15 is 0 Å². The number of esters is 1. The van der Waals surface area contributed by atoms with Crippen molar-refractivity contribution in [1.82, 2.24) is 14.6 Å². The average Bonchev–Trinajstić information content (AvgIpc) is 3.05. The van der Waals surface area contributed by atoms with Gasteiger partial charge < -0.3 is 19.1 Å². The van der Waals surface area contributed by atoms with Crippen LogP contribution < -0.4 is 20.9 Å². The molecule has 0 spiro atoms. The van der Waals surface area contributed by atoms with E-state index in [-0.39, 0.29) is 18.3 Å². The van der Waals surface area contributed by atoms with E-state index < -0.39 is 60.8 Å². The first-order valence-electron chi connectivity index (χ1n) is 11.4. The quantitative estimate of drug-likeness (QED) is 0.160. The van der Waals surface area contributed by atoms with Gasteiger partial charge in [-0.3, -0.25) is 23.7 Å². The normalized spacial score (nSPS) is 25.9. The molecule has 0 saturated carbocycles. The van der Waals surface area contributed by atoms with E-state index in [9.17, 15) is 24.1 Å². The Morgan fingerprint density at radius 1 is 1.30 bits per heavy atom. The molecule has 15 heteroatoms. The number of nitrogens with zero attached hydrogens (tertiary/aromatic N) is 1. The second kappa shape index (κ2) is 12.0. The lowest BCUT2D eigenvalue weighted by molar-refractivity contribution is -0.147. The fourth-order valence-corrected chi connectivity index (χ4v) is 5.19. The molecule has 1 aromatic carbocycles. The predicted octanol–water partition coefficient (Wildman–Crippen LogP) is 1.28. The number of aliphatic hydroxyl groups is 1. The molecule has 2 aromatic rings. The minimum Gasteiger partial charge on any atom is -0.464 e. The molecule has 37 heavy (non-hydrogen) atoms.